The monoisotopic (exact) mass is 330 g/mol. The minimum atomic E-state index is 0.722. The van der Waals surface area contributed by atoms with Gasteiger partial charge >= 0.3 is 0 Å². The van der Waals surface area contributed by atoms with Gasteiger partial charge in [-0.25, -0.2) is 9.97 Å². The van der Waals surface area contributed by atoms with Gasteiger partial charge in [-0.1, -0.05) is 60.7 Å². The third kappa shape index (κ3) is 3.02. The maximum Gasteiger partial charge on any atom is 0.167 e. The van der Waals surface area contributed by atoms with E-state index in [1.54, 1.807) is 23.9 Å². The maximum atomic E-state index is 4.36. The van der Waals surface area contributed by atoms with Gasteiger partial charge in [0.1, 0.15) is 6.33 Å². The lowest BCUT2D eigenvalue weighted by atomic mass is 10.2. The summed E-state index contributed by atoms with van der Waals surface area (Å²) in [5.41, 5.74) is 6.17. The minimum Gasteiger partial charge on any atom is -0.260 e. The van der Waals surface area contributed by atoms with Crippen molar-refractivity contribution in [2.45, 2.75) is 0 Å². The van der Waals surface area contributed by atoms with Crippen LogP contribution in [0.3, 0.4) is 0 Å². The Balaban J connectivity index is 1.64. The molecule has 24 heavy (non-hydrogen) atoms. The van der Waals surface area contributed by atoms with Crippen molar-refractivity contribution in [2.24, 2.45) is 5.10 Å². The number of aromatic nitrogens is 2. The molecule has 4 aromatic rings. The summed E-state index contributed by atoms with van der Waals surface area (Å²) in [5.74, 6) is 0.722. The predicted molar refractivity (Wildman–Crippen MR) is 101 cm³/mol. The molecule has 5 heteroatoms. The summed E-state index contributed by atoms with van der Waals surface area (Å²) < 4.78 is 1.00. The number of nitrogens with zero attached hydrogens (tertiary/aromatic N) is 3. The fraction of sp³-hybridized carbons (Fsp3) is 0. The van der Waals surface area contributed by atoms with Crippen molar-refractivity contribution in [1.29, 1.82) is 0 Å². The molecule has 2 aromatic heterocycles. The topological polar surface area (TPSA) is 50.2 Å². The number of fused-ring (bicyclic) bond motifs is 1. The summed E-state index contributed by atoms with van der Waals surface area (Å²) in [6.07, 6.45) is 3.34. The molecule has 0 aliphatic heterocycles. The number of hydrogen-bond acceptors (Lipinski definition) is 5. The molecule has 1 N–H and O–H groups in total. The largest absolute Gasteiger partial charge is 0.260 e. The molecule has 0 aliphatic rings. The highest BCUT2D eigenvalue weighted by Crippen LogP contribution is 2.35. The van der Waals surface area contributed by atoms with Crippen LogP contribution in [-0.2, 0) is 0 Å². The molecule has 116 valence electrons. The number of benzene rings is 2. The molecule has 4 nitrogen and oxygen atoms in total. The van der Waals surface area contributed by atoms with E-state index < -0.39 is 0 Å². The second kappa shape index (κ2) is 6.60. The van der Waals surface area contributed by atoms with E-state index in [9.17, 15) is 0 Å². The number of thiophene rings is 1. The van der Waals surface area contributed by atoms with Gasteiger partial charge in [0.05, 0.1) is 16.4 Å². The summed E-state index contributed by atoms with van der Waals surface area (Å²) in [4.78, 5) is 9.85. The van der Waals surface area contributed by atoms with Crippen LogP contribution in [0.5, 0.6) is 0 Å². The third-order valence-corrected chi connectivity index (χ3v) is 4.73. The molecular formula is C19H14N4S. The fourth-order valence-electron chi connectivity index (χ4n) is 2.39. The molecule has 4 rings (SSSR count). The smallest absolute Gasteiger partial charge is 0.167 e. The summed E-state index contributed by atoms with van der Waals surface area (Å²) in [5, 5.41) is 4.29. The highest BCUT2D eigenvalue weighted by molar-refractivity contribution is 7.22. The summed E-state index contributed by atoms with van der Waals surface area (Å²) >= 11 is 1.66. The lowest BCUT2D eigenvalue weighted by molar-refractivity contribution is 1.19. The van der Waals surface area contributed by atoms with Crippen LogP contribution in [0, 0.1) is 0 Å². The lowest BCUT2D eigenvalue weighted by Gasteiger charge is -1.99. The first-order valence-corrected chi connectivity index (χ1v) is 8.36. The highest BCUT2D eigenvalue weighted by Gasteiger charge is 2.09. The van der Waals surface area contributed by atoms with Gasteiger partial charge in [-0.2, -0.15) is 5.10 Å². The molecule has 0 spiro atoms. The Labute approximate surface area is 143 Å². The van der Waals surface area contributed by atoms with Crippen LogP contribution in [0.1, 0.15) is 5.56 Å². The Bertz CT molecular complexity index is 978. The molecular weight excluding hydrogens is 316 g/mol. The number of hydrazone groups is 1. The van der Waals surface area contributed by atoms with Crippen molar-refractivity contribution < 1.29 is 0 Å². The standard InChI is InChI=1S/C19H14N4S/c1-3-7-14(8-4-1)12-22-23-19-18-16(20-13-21-19)11-17(24-18)15-9-5-2-6-10-15/h1-13H,(H,20,21,23)/b22-12+. The van der Waals surface area contributed by atoms with E-state index in [4.69, 9.17) is 0 Å². The van der Waals surface area contributed by atoms with Crippen LogP contribution in [0.4, 0.5) is 5.82 Å². The van der Waals surface area contributed by atoms with Gasteiger partial charge in [-0.15, -0.1) is 11.3 Å². The Hall–Kier alpha value is -3.05. The van der Waals surface area contributed by atoms with Crippen molar-refractivity contribution in [3.8, 4) is 10.4 Å². The zero-order valence-corrected chi connectivity index (χ0v) is 13.6. The Kier molecular flexibility index (Phi) is 4.00. The quantitative estimate of drug-likeness (QED) is 0.432. The zero-order chi connectivity index (χ0) is 16.2. The second-order valence-corrected chi connectivity index (χ2v) is 6.25. The van der Waals surface area contributed by atoms with Crippen LogP contribution < -0.4 is 5.43 Å². The molecule has 0 saturated carbocycles. The zero-order valence-electron chi connectivity index (χ0n) is 12.8. The molecule has 2 aromatic carbocycles. The number of rotatable bonds is 4. The van der Waals surface area contributed by atoms with Crippen molar-refractivity contribution >= 4 is 33.6 Å². The van der Waals surface area contributed by atoms with Gasteiger partial charge in [-0.3, -0.25) is 5.43 Å². The first-order valence-electron chi connectivity index (χ1n) is 7.54. The van der Waals surface area contributed by atoms with E-state index in [-0.39, 0.29) is 0 Å². The minimum absolute atomic E-state index is 0.722. The third-order valence-electron chi connectivity index (χ3n) is 3.55. The molecule has 0 saturated heterocycles. The molecule has 2 heterocycles. The summed E-state index contributed by atoms with van der Waals surface area (Å²) in [7, 11) is 0. The van der Waals surface area contributed by atoms with Crippen LogP contribution in [-0.4, -0.2) is 16.2 Å². The van der Waals surface area contributed by atoms with E-state index >= 15 is 0 Å². The van der Waals surface area contributed by atoms with Gasteiger partial charge in [0, 0.05) is 4.88 Å². The Morgan fingerprint density at radius 3 is 2.46 bits per heavy atom. The van der Waals surface area contributed by atoms with Crippen LogP contribution in [0.15, 0.2) is 78.2 Å². The van der Waals surface area contributed by atoms with Crippen LogP contribution in [0.25, 0.3) is 20.7 Å². The van der Waals surface area contributed by atoms with Crippen molar-refractivity contribution in [3.05, 3.63) is 78.6 Å². The van der Waals surface area contributed by atoms with Gasteiger partial charge in [0.2, 0.25) is 0 Å². The molecule has 0 fully saturated rings. The number of anilines is 1. The normalized spacial score (nSPS) is 11.2. The molecule has 0 bridgehead atoms. The van der Waals surface area contributed by atoms with E-state index in [0.29, 0.717) is 0 Å². The second-order valence-electron chi connectivity index (χ2n) is 5.19. The summed E-state index contributed by atoms with van der Waals surface area (Å²) in [6.45, 7) is 0. The van der Waals surface area contributed by atoms with Crippen molar-refractivity contribution in [2.75, 3.05) is 5.43 Å². The van der Waals surface area contributed by atoms with Gasteiger partial charge in [0.25, 0.3) is 0 Å². The van der Waals surface area contributed by atoms with Crippen molar-refractivity contribution in [3.63, 3.8) is 0 Å². The number of hydrogen-bond donors (Lipinski definition) is 1. The fourth-order valence-corrected chi connectivity index (χ4v) is 3.44. The van der Waals surface area contributed by atoms with E-state index in [1.165, 1.54) is 10.4 Å². The van der Waals surface area contributed by atoms with Crippen LogP contribution in [0.2, 0.25) is 0 Å². The molecule has 0 radical (unpaired) electrons. The predicted octanol–water partition coefficient (Wildman–Crippen LogP) is 4.80. The van der Waals surface area contributed by atoms with E-state index in [0.717, 1.165) is 21.6 Å². The Morgan fingerprint density at radius 2 is 1.67 bits per heavy atom. The van der Waals surface area contributed by atoms with Crippen molar-refractivity contribution in [1.82, 2.24) is 9.97 Å². The molecule has 0 aliphatic carbocycles. The lowest BCUT2D eigenvalue weighted by Crippen LogP contribution is -1.94. The van der Waals surface area contributed by atoms with Crippen LogP contribution >= 0.6 is 11.3 Å². The van der Waals surface area contributed by atoms with Gasteiger partial charge in [-0.05, 0) is 17.2 Å². The SMILES string of the molecule is C(=N\Nc1ncnc2cc(-c3ccccc3)sc12)/c1ccccc1. The van der Waals surface area contributed by atoms with Gasteiger partial charge < -0.3 is 0 Å². The molecule has 0 atom stereocenters. The molecule has 0 amide bonds. The van der Waals surface area contributed by atoms with E-state index in [2.05, 4.69) is 38.7 Å². The van der Waals surface area contributed by atoms with E-state index in [1.807, 2.05) is 48.5 Å². The van der Waals surface area contributed by atoms with Gasteiger partial charge in [0.15, 0.2) is 5.82 Å². The molecule has 0 unspecified atom stereocenters. The average Bonchev–Trinajstić information content (AvgIpc) is 3.09. The maximum absolute atomic E-state index is 4.36. The first kappa shape index (κ1) is 14.5. The average molecular weight is 330 g/mol. The highest BCUT2D eigenvalue weighted by atomic mass is 32.1. The number of nitrogens with one attached hydrogen (secondary N) is 1. The Morgan fingerprint density at radius 1 is 0.917 bits per heavy atom. The first-order chi connectivity index (χ1) is 11.9. The summed E-state index contributed by atoms with van der Waals surface area (Å²) in [6, 6.07) is 22.3.